The van der Waals surface area contributed by atoms with Gasteiger partial charge in [-0.15, -0.1) is 0 Å². The first-order chi connectivity index (χ1) is 9.70. The van der Waals surface area contributed by atoms with Gasteiger partial charge in [-0.1, -0.05) is 18.2 Å². The van der Waals surface area contributed by atoms with E-state index in [-0.39, 0.29) is 11.8 Å². The van der Waals surface area contributed by atoms with Crippen molar-refractivity contribution in [3.05, 3.63) is 36.0 Å². The molecule has 104 valence electrons. The topological polar surface area (TPSA) is 68.7 Å². The van der Waals surface area contributed by atoms with Crippen LogP contribution in [0.4, 0.5) is 0 Å². The molecule has 0 aliphatic carbocycles. The van der Waals surface area contributed by atoms with Crippen molar-refractivity contribution >= 4 is 16.8 Å². The van der Waals surface area contributed by atoms with Crippen molar-refractivity contribution in [1.29, 1.82) is 5.26 Å². The molecule has 0 spiro atoms. The number of aryl methyl sites for hydroxylation is 1. The van der Waals surface area contributed by atoms with E-state index in [2.05, 4.69) is 28.5 Å². The van der Waals surface area contributed by atoms with Gasteiger partial charge in [0.15, 0.2) is 0 Å². The third kappa shape index (κ3) is 3.61. The molecule has 1 atom stereocenters. The van der Waals surface area contributed by atoms with Crippen LogP contribution in [0.2, 0.25) is 0 Å². The number of hydrogen-bond acceptors (Lipinski definition) is 2. The number of carbonyl (C=O) groups is 1. The van der Waals surface area contributed by atoms with Gasteiger partial charge in [0.25, 0.3) is 0 Å². The molecule has 1 unspecified atom stereocenters. The van der Waals surface area contributed by atoms with Crippen LogP contribution in [-0.4, -0.2) is 17.4 Å². The van der Waals surface area contributed by atoms with Gasteiger partial charge >= 0.3 is 0 Å². The number of aromatic nitrogens is 1. The van der Waals surface area contributed by atoms with E-state index in [0.29, 0.717) is 13.0 Å². The summed E-state index contributed by atoms with van der Waals surface area (Å²) in [7, 11) is 0. The molecule has 2 N–H and O–H groups in total. The molecule has 0 saturated carbocycles. The van der Waals surface area contributed by atoms with Gasteiger partial charge in [-0.25, -0.2) is 0 Å². The lowest BCUT2D eigenvalue weighted by molar-refractivity contribution is -0.121. The molecule has 4 heteroatoms. The Morgan fingerprint density at radius 2 is 2.25 bits per heavy atom. The molecule has 2 rings (SSSR count). The Bertz CT molecular complexity index is 624. The van der Waals surface area contributed by atoms with Gasteiger partial charge in [0, 0.05) is 30.1 Å². The van der Waals surface area contributed by atoms with Crippen LogP contribution in [0.3, 0.4) is 0 Å². The fourth-order valence-corrected chi connectivity index (χ4v) is 2.18. The predicted octanol–water partition coefficient (Wildman–Crippen LogP) is 2.77. The van der Waals surface area contributed by atoms with Gasteiger partial charge in [0.1, 0.15) is 0 Å². The number of H-pyrrole nitrogens is 1. The molecule has 1 amide bonds. The van der Waals surface area contributed by atoms with Crippen molar-refractivity contribution in [2.75, 3.05) is 6.54 Å². The molecule has 0 radical (unpaired) electrons. The lowest BCUT2D eigenvalue weighted by Crippen LogP contribution is -2.27. The van der Waals surface area contributed by atoms with E-state index in [4.69, 9.17) is 5.26 Å². The molecule has 2 aromatic rings. The minimum Gasteiger partial charge on any atom is -0.361 e. The SMILES string of the molecule is CC(C#N)CNC(=O)CCCc1c[nH]c2ccccc12. The maximum atomic E-state index is 11.6. The van der Waals surface area contributed by atoms with Gasteiger partial charge in [0.05, 0.1) is 12.0 Å². The number of rotatable bonds is 6. The van der Waals surface area contributed by atoms with Crippen molar-refractivity contribution in [2.45, 2.75) is 26.2 Å². The van der Waals surface area contributed by atoms with Crippen LogP contribution < -0.4 is 5.32 Å². The fourth-order valence-electron chi connectivity index (χ4n) is 2.18. The molecule has 0 fully saturated rings. The van der Waals surface area contributed by atoms with Crippen LogP contribution in [0, 0.1) is 17.2 Å². The molecule has 1 heterocycles. The minimum absolute atomic E-state index is 0.0203. The van der Waals surface area contributed by atoms with Gasteiger partial charge < -0.3 is 10.3 Å². The summed E-state index contributed by atoms with van der Waals surface area (Å²) in [5.41, 5.74) is 2.38. The number of fused-ring (bicyclic) bond motifs is 1. The first-order valence-electron chi connectivity index (χ1n) is 6.92. The van der Waals surface area contributed by atoms with E-state index >= 15 is 0 Å². The summed E-state index contributed by atoms with van der Waals surface area (Å²) >= 11 is 0. The standard InChI is InChI=1S/C16H19N3O/c1-12(9-17)10-19-16(20)8-4-5-13-11-18-15-7-3-2-6-14(13)15/h2-3,6-7,11-12,18H,4-5,8,10H2,1H3,(H,19,20). The minimum atomic E-state index is -0.132. The van der Waals surface area contributed by atoms with Gasteiger partial charge in [0.2, 0.25) is 5.91 Å². The number of aromatic amines is 1. The number of hydrogen-bond donors (Lipinski definition) is 2. The second-order valence-corrected chi connectivity index (χ2v) is 5.05. The maximum absolute atomic E-state index is 11.6. The van der Waals surface area contributed by atoms with Crippen LogP contribution in [0.1, 0.15) is 25.3 Å². The summed E-state index contributed by atoms with van der Waals surface area (Å²) in [4.78, 5) is 14.9. The zero-order valence-corrected chi connectivity index (χ0v) is 11.6. The first-order valence-corrected chi connectivity index (χ1v) is 6.92. The summed E-state index contributed by atoms with van der Waals surface area (Å²) in [5.74, 6) is -0.112. The third-order valence-corrected chi connectivity index (χ3v) is 3.35. The zero-order chi connectivity index (χ0) is 14.4. The summed E-state index contributed by atoms with van der Waals surface area (Å²) in [6.45, 7) is 2.23. The highest BCUT2D eigenvalue weighted by molar-refractivity contribution is 5.83. The third-order valence-electron chi connectivity index (χ3n) is 3.35. The number of nitrogens with one attached hydrogen (secondary N) is 2. The van der Waals surface area contributed by atoms with Crippen molar-refractivity contribution in [3.63, 3.8) is 0 Å². The van der Waals surface area contributed by atoms with Crippen molar-refractivity contribution in [2.24, 2.45) is 5.92 Å². The zero-order valence-electron chi connectivity index (χ0n) is 11.6. The number of nitriles is 1. The van der Waals surface area contributed by atoms with Crippen molar-refractivity contribution in [3.8, 4) is 6.07 Å². The van der Waals surface area contributed by atoms with Crippen LogP contribution in [0.15, 0.2) is 30.5 Å². The number of amides is 1. The van der Waals surface area contributed by atoms with E-state index in [1.165, 1.54) is 10.9 Å². The molecule has 4 nitrogen and oxygen atoms in total. The van der Waals surface area contributed by atoms with Gasteiger partial charge in [-0.05, 0) is 31.4 Å². The maximum Gasteiger partial charge on any atom is 0.220 e. The Hall–Kier alpha value is -2.28. The molecule has 0 saturated heterocycles. The average Bonchev–Trinajstić information content (AvgIpc) is 2.88. The van der Waals surface area contributed by atoms with Gasteiger partial charge in [-0.3, -0.25) is 4.79 Å². The van der Waals surface area contributed by atoms with E-state index in [9.17, 15) is 4.79 Å². The highest BCUT2D eigenvalue weighted by Gasteiger charge is 2.06. The van der Waals surface area contributed by atoms with E-state index in [0.717, 1.165) is 18.4 Å². The Kier molecular flexibility index (Phi) is 4.78. The normalized spacial score (nSPS) is 12.0. The average molecular weight is 269 g/mol. The number of benzene rings is 1. The molecule has 20 heavy (non-hydrogen) atoms. The van der Waals surface area contributed by atoms with E-state index in [1.807, 2.05) is 18.3 Å². The molecular weight excluding hydrogens is 250 g/mol. The van der Waals surface area contributed by atoms with Crippen LogP contribution in [0.25, 0.3) is 10.9 Å². The van der Waals surface area contributed by atoms with Gasteiger partial charge in [-0.2, -0.15) is 5.26 Å². The van der Waals surface area contributed by atoms with Crippen LogP contribution in [0.5, 0.6) is 0 Å². The summed E-state index contributed by atoms with van der Waals surface area (Å²) in [6.07, 6.45) is 4.21. The molecule has 0 bridgehead atoms. The van der Waals surface area contributed by atoms with E-state index < -0.39 is 0 Å². The molecular formula is C16H19N3O. The Morgan fingerprint density at radius 1 is 1.45 bits per heavy atom. The fraction of sp³-hybridized carbons (Fsp3) is 0.375. The summed E-state index contributed by atoms with van der Waals surface area (Å²) < 4.78 is 0. The molecule has 0 aliphatic heterocycles. The predicted molar refractivity (Wildman–Crippen MR) is 79.0 cm³/mol. The Balaban J connectivity index is 1.79. The first kappa shape index (κ1) is 14.1. The van der Waals surface area contributed by atoms with E-state index in [1.54, 1.807) is 6.92 Å². The molecule has 1 aromatic heterocycles. The number of carbonyl (C=O) groups excluding carboxylic acids is 1. The highest BCUT2D eigenvalue weighted by Crippen LogP contribution is 2.19. The second kappa shape index (κ2) is 6.76. The molecule has 0 aliphatic rings. The van der Waals surface area contributed by atoms with Crippen LogP contribution >= 0.6 is 0 Å². The van der Waals surface area contributed by atoms with Crippen molar-refractivity contribution < 1.29 is 4.79 Å². The Labute approximate surface area is 118 Å². The monoisotopic (exact) mass is 269 g/mol. The van der Waals surface area contributed by atoms with Crippen LogP contribution in [-0.2, 0) is 11.2 Å². The lowest BCUT2D eigenvalue weighted by Gasteiger charge is -2.05. The quantitative estimate of drug-likeness (QED) is 0.846. The highest BCUT2D eigenvalue weighted by atomic mass is 16.1. The van der Waals surface area contributed by atoms with Crippen molar-refractivity contribution in [1.82, 2.24) is 10.3 Å². The smallest absolute Gasteiger partial charge is 0.220 e. The largest absolute Gasteiger partial charge is 0.361 e. The lowest BCUT2D eigenvalue weighted by atomic mass is 10.1. The second-order valence-electron chi connectivity index (χ2n) is 5.05. The Morgan fingerprint density at radius 3 is 3.05 bits per heavy atom. The summed E-state index contributed by atoms with van der Waals surface area (Å²) in [6, 6.07) is 10.3. The number of para-hydroxylation sites is 1. The number of nitrogens with zero attached hydrogens (tertiary/aromatic N) is 1. The molecule has 1 aromatic carbocycles. The summed E-state index contributed by atoms with van der Waals surface area (Å²) in [5, 5.41) is 12.7.